The van der Waals surface area contributed by atoms with Crippen molar-refractivity contribution in [1.29, 1.82) is 5.26 Å². The average Bonchev–Trinajstić information content (AvgIpc) is 3.30. The van der Waals surface area contributed by atoms with E-state index in [1.54, 1.807) is 12.1 Å². The lowest BCUT2D eigenvalue weighted by Gasteiger charge is -2.11. The summed E-state index contributed by atoms with van der Waals surface area (Å²) in [6.45, 7) is 0. The summed E-state index contributed by atoms with van der Waals surface area (Å²) in [5, 5.41) is 9.50. The van der Waals surface area contributed by atoms with Gasteiger partial charge in [0.25, 0.3) is 0 Å². The zero-order valence-corrected chi connectivity index (χ0v) is 30.0. The number of aromatic nitrogens is 6. The number of nitrogens with zero attached hydrogens (tertiary/aromatic N) is 7. The maximum absolute atomic E-state index is 9.50. The molecule has 0 atom stereocenters. The van der Waals surface area contributed by atoms with Gasteiger partial charge in [-0.2, -0.15) is 5.26 Å². The van der Waals surface area contributed by atoms with Crippen molar-refractivity contribution in [3.05, 3.63) is 194 Å². The Morgan fingerprint density at radius 3 is 0.964 bits per heavy atom. The molecule has 2 heterocycles. The van der Waals surface area contributed by atoms with Crippen molar-refractivity contribution < 1.29 is 0 Å². The van der Waals surface area contributed by atoms with Crippen LogP contribution in [0.3, 0.4) is 0 Å². The Labute approximate surface area is 324 Å². The smallest absolute Gasteiger partial charge is 0.164 e. The Balaban J connectivity index is 1.04. The predicted molar refractivity (Wildman–Crippen MR) is 221 cm³/mol. The van der Waals surface area contributed by atoms with Crippen molar-refractivity contribution in [1.82, 2.24) is 29.9 Å². The molecule has 0 bridgehead atoms. The van der Waals surface area contributed by atoms with E-state index < -0.39 is 0 Å². The lowest BCUT2D eigenvalue weighted by atomic mass is 10.0. The maximum Gasteiger partial charge on any atom is 0.164 e. The monoisotopic (exact) mass is 717 g/mol. The fourth-order valence-electron chi connectivity index (χ4n) is 6.52. The van der Waals surface area contributed by atoms with Crippen molar-refractivity contribution in [2.45, 2.75) is 0 Å². The van der Waals surface area contributed by atoms with Crippen LogP contribution in [0, 0.1) is 11.3 Å². The van der Waals surface area contributed by atoms with Gasteiger partial charge in [-0.15, -0.1) is 0 Å². The molecule has 0 amide bonds. The minimum absolute atomic E-state index is 0.506. The molecule has 0 aliphatic heterocycles. The second-order valence-electron chi connectivity index (χ2n) is 13.1. The molecule has 0 spiro atoms. The first kappa shape index (κ1) is 33.9. The zero-order chi connectivity index (χ0) is 37.7. The molecule has 0 aliphatic carbocycles. The highest BCUT2D eigenvalue weighted by Crippen LogP contribution is 2.31. The van der Waals surface area contributed by atoms with Crippen molar-refractivity contribution >= 4 is 0 Å². The summed E-state index contributed by atoms with van der Waals surface area (Å²) in [7, 11) is 0. The van der Waals surface area contributed by atoms with E-state index in [4.69, 9.17) is 29.9 Å². The number of hydrogen-bond acceptors (Lipinski definition) is 7. The molecule has 0 radical (unpaired) electrons. The molecule has 2 aromatic heterocycles. The van der Waals surface area contributed by atoms with E-state index in [1.165, 1.54) is 0 Å². The van der Waals surface area contributed by atoms with Gasteiger partial charge >= 0.3 is 0 Å². The van der Waals surface area contributed by atoms with E-state index >= 15 is 0 Å². The molecule has 7 heteroatoms. The average molecular weight is 718 g/mol. The largest absolute Gasteiger partial charge is 0.208 e. The fraction of sp³-hybridized carbons (Fsp3) is 0. The van der Waals surface area contributed by atoms with Gasteiger partial charge in [-0.25, -0.2) is 29.9 Å². The molecule has 0 aliphatic rings. The summed E-state index contributed by atoms with van der Waals surface area (Å²) >= 11 is 0. The highest BCUT2D eigenvalue weighted by Gasteiger charge is 2.15. The van der Waals surface area contributed by atoms with Gasteiger partial charge in [-0.1, -0.05) is 170 Å². The van der Waals surface area contributed by atoms with Crippen molar-refractivity contribution in [2.75, 3.05) is 0 Å². The Hall–Kier alpha value is -7.95. The van der Waals surface area contributed by atoms with Gasteiger partial charge in [0.05, 0.1) is 11.6 Å². The molecule has 7 aromatic carbocycles. The minimum atomic E-state index is 0.506. The Bertz CT molecular complexity index is 2840. The number of nitriles is 1. The molecule has 56 heavy (non-hydrogen) atoms. The summed E-state index contributed by atoms with van der Waals surface area (Å²) < 4.78 is 0. The first-order valence-corrected chi connectivity index (χ1v) is 18.2. The van der Waals surface area contributed by atoms with Crippen LogP contribution in [0.1, 0.15) is 5.56 Å². The van der Waals surface area contributed by atoms with E-state index in [1.807, 2.05) is 115 Å². The standard InChI is InChI=1S/C49H31N7/c50-32-33-12-10-20-42(30-33)48-53-44(37-15-6-2-7-16-37)51-46(55-48)39-26-22-35(23-27-39)36-24-28-40(29-25-36)47-52-45(38-17-8-3-9-18-38)54-49(56-47)43-21-11-19-41(31-43)34-13-4-1-5-14-34/h1-31H. The van der Waals surface area contributed by atoms with Crippen LogP contribution >= 0.6 is 0 Å². The number of hydrogen-bond donors (Lipinski definition) is 0. The van der Waals surface area contributed by atoms with Crippen LogP contribution in [-0.2, 0) is 0 Å². The first-order valence-electron chi connectivity index (χ1n) is 18.2. The van der Waals surface area contributed by atoms with Crippen LogP contribution in [0.25, 0.3) is 90.6 Å². The van der Waals surface area contributed by atoms with E-state index in [9.17, 15) is 5.26 Å². The predicted octanol–water partition coefficient (Wildman–Crippen LogP) is 11.3. The summed E-state index contributed by atoms with van der Waals surface area (Å²) in [5.41, 5.74) is 10.1. The highest BCUT2D eigenvalue weighted by molar-refractivity contribution is 5.75. The molecular formula is C49H31N7. The molecule has 0 saturated heterocycles. The summed E-state index contributed by atoms with van der Waals surface area (Å²) in [6.07, 6.45) is 0. The third-order valence-electron chi connectivity index (χ3n) is 9.43. The molecule has 262 valence electrons. The van der Waals surface area contributed by atoms with E-state index in [-0.39, 0.29) is 0 Å². The van der Waals surface area contributed by atoms with E-state index in [0.717, 1.165) is 55.6 Å². The normalized spacial score (nSPS) is 10.8. The third-order valence-corrected chi connectivity index (χ3v) is 9.43. The molecule has 0 fully saturated rings. The van der Waals surface area contributed by atoms with E-state index in [2.05, 4.69) is 66.7 Å². The minimum Gasteiger partial charge on any atom is -0.208 e. The van der Waals surface area contributed by atoms with Crippen LogP contribution < -0.4 is 0 Å². The van der Waals surface area contributed by atoms with Gasteiger partial charge in [0.1, 0.15) is 0 Å². The van der Waals surface area contributed by atoms with Gasteiger partial charge in [-0.3, -0.25) is 0 Å². The summed E-state index contributed by atoms with van der Waals surface area (Å²) in [6, 6.07) is 64.4. The Kier molecular flexibility index (Phi) is 9.18. The Morgan fingerprint density at radius 1 is 0.250 bits per heavy atom. The van der Waals surface area contributed by atoms with Crippen LogP contribution in [-0.4, -0.2) is 29.9 Å². The molecule has 0 unspecified atom stereocenters. The second-order valence-corrected chi connectivity index (χ2v) is 13.1. The van der Waals surface area contributed by atoms with E-state index in [0.29, 0.717) is 40.5 Å². The molecule has 9 aromatic rings. The molecular weight excluding hydrogens is 687 g/mol. The second kappa shape index (κ2) is 15.2. The van der Waals surface area contributed by atoms with Gasteiger partial charge in [0.2, 0.25) is 0 Å². The van der Waals surface area contributed by atoms with Crippen molar-refractivity contribution in [3.8, 4) is 96.7 Å². The SMILES string of the molecule is N#Cc1cccc(-c2nc(-c3ccccc3)nc(-c3ccc(-c4ccc(-c5nc(-c6ccccc6)nc(-c6cccc(-c7ccccc7)c6)n5)cc4)cc3)n2)c1. The maximum atomic E-state index is 9.50. The lowest BCUT2D eigenvalue weighted by Crippen LogP contribution is -2.00. The Morgan fingerprint density at radius 2 is 0.536 bits per heavy atom. The fourth-order valence-corrected chi connectivity index (χ4v) is 6.52. The van der Waals surface area contributed by atoms with Crippen LogP contribution in [0.2, 0.25) is 0 Å². The number of benzene rings is 7. The topological polar surface area (TPSA) is 101 Å². The van der Waals surface area contributed by atoms with Crippen LogP contribution in [0.5, 0.6) is 0 Å². The zero-order valence-electron chi connectivity index (χ0n) is 30.0. The third kappa shape index (κ3) is 7.19. The summed E-state index contributed by atoms with van der Waals surface area (Å²) in [4.78, 5) is 29.4. The molecule has 9 rings (SSSR count). The van der Waals surface area contributed by atoms with Crippen LogP contribution in [0.4, 0.5) is 0 Å². The van der Waals surface area contributed by atoms with Crippen molar-refractivity contribution in [3.63, 3.8) is 0 Å². The van der Waals surface area contributed by atoms with Gasteiger partial charge < -0.3 is 0 Å². The van der Waals surface area contributed by atoms with Gasteiger partial charge in [0.15, 0.2) is 34.9 Å². The van der Waals surface area contributed by atoms with Crippen LogP contribution in [0.15, 0.2) is 188 Å². The quantitative estimate of drug-likeness (QED) is 0.154. The highest BCUT2D eigenvalue weighted by atomic mass is 15.0. The first-order chi connectivity index (χ1) is 27.7. The summed E-state index contributed by atoms with van der Waals surface area (Å²) in [5.74, 6) is 3.44. The molecule has 7 nitrogen and oxygen atoms in total. The van der Waals surface area contributed by atoms with Gasteiger partial charge in [0, 0.05) is 33.4 Å². The number of rotatable bonds is 8. The molecule has 0 N–H and O–H groups in total. The van der Waals surface area contributed by atoms with Gasteiger partial charge in [-0.05, 0) is 40.5 Å². The molecule has 0 saturated carbocycles. The lowest BCUT2D eigenvalue weighted by molar-refractivity contribution is 1.07. The van der Waals surface area contributed by atoms with Crippen molar-refractivity contribution in [2.24, 2.45) is 0 Å².